The first-order chi connectivity index (χ1) is 18.0. The van der Waals surface area contributed by atoms with Gasteiger partial charge in [0.2, 0.25) is 5.78 Å². The number of anilines is 2. The molecule has 0 heterocycles. The van der Waals surface area contributed by atoms with Crippen LogP contribution in [0, 0.1) is 6.92 Å². The molecule has 1 aliphatic carbocycles. The second kappa shape index (κ2) is 10.3. The van der Waals surface area contributed by atoms with Crippen molar-refractivity contribution in [2.24, 2.45) is 15.3 Å². The molecule has 0 aliphatic heterocycles. The Bertz CT molecular complexity index is 1650. The minimum atomic E-state index is -4.80. The normalized spacial score (nSPS) is 14.4. The van der Waals surface area contributed by atoms with Crippen molar-refractivity contribution in [2.75, 3.05) is 25.4 Å². The fourth-order valence-electron chi connectivity index (χ4n) is 3.67. The van der Waals surface area contributed by atoms with E-state index in [4.69, 9.17) is 15.2 Å². The van der Waals surface area contributed by atoms with Gasteiger partial charge in [0.05, 0.1) is 25.6 Å². The summed E-state index contributed by atoms with van der Waals surface area (Å²) >= 11 is 0. The zero-order valence-electron chi connectivity index (χ0n) is 20.5. The quantitative estimate of drug-likeness (QED) is 0.144. The van der Waals surface area contributed by atoms with Crippen molar-refractivity contribution >= 4 is 50.4 Å². The Hall–Kier alpha value is -4.75. The number of phenolic OH excluding ortho intramolecular Hbond substituents is 1. The molecule has 0 fully saturated rings. The first-order valence-corrected chi connectivity index (χ1v) is 12.4. The Labute approximate surface area is 217 Å². The number of allylic oxidation sites excluding steroid dienone is 1. The Morgan fingerprint density at radius 1 is 0.947 bits per heavy atom. The number of rotatable bonds is 7. The summed E-state index contributed by atoms with van der Waals surface area (Å²) in [5.74, 6) is -0.102. The Morgan fingerprint density at radius 3 is 2.34 bits per heavy atom. The number of nitrogens with zero attached hydrogens (tertiary/aromatic N) is 3. The van der Waals surface area contributed by atoms with E-state index in [1.54, 1.807) is 25.1 Å². The largest absolute Gasteiger partial charge is 0.508 e. The number of nitrogens with one attached hydrogen (secondary N) is 1. The number of aromatic hydroxyl groups is 1. The van der Waals surface area contributed by atoms with Crippen LogP contribution in [0.3, 0.4) is 0 Å². The molecule has 1 aliphatic rings. The molecule has 0 saturated carbocycles. The molecule has 0 radical (unpaired) electrons. The molecule has 0 spiro atoms. The van der Waals surface area contributed by atoms with Gasteiger partial charge in [-0.25, -0.2) is 0 Å². The third-order valence-electron chi connectivity index (χ3n) is 5.57. The lowest BCUT2D eigenvalue weighted by molar-refractivity contribution is 0.106. The maximum Gasteiger partial charge on any atom is 0.296 e. The van der Waals surface area contributed by atoms with Crippen LogP contribution in [0.4, 0.5) is 22.7 Å². The number of fused-ring (bicyclic) bond motifs is 1. The number of ether oxygens (including phenoxy) is 2. The molecular weight excluding hydrogens is 514 g/mol. The van der Waals surface area contributed by atoms with Gasteiger partial charge in [-0.1, -0.05) is 0 Å². The summed E-state index contributed by atoms with van der Waals surface area (Å²) in [7, 11) is -1.95. The van der Waals surface area contributed by atoms with E-state index in [1.807, 2.05) is 0 Å². The third kappa shape index (κ3) is 5.33. The van der Waals surface area contributed by atoms with Gasteiger partial charge in [-0.05, 0) is 60.5 Å². The fourth-order valence-corrected chi connectivity index (χ4v) is 4.33. The highest BCUT2D eigenvalue weighted by Crippen LogP contribution is 2.36. The molecule has 0 aromatic heterocycles. The van der Waals surface area contributed by atoms with E-state index in [2.05, 4.69) is 20.8 Å². The highest BCUT2D eigenvalue weighted by atomic mass is 32.2. The van der Waals surface area contributed by atoms with Gasteiger partial charge in [-0.15, -0.1) is 5.11 Å². The molecule has 13 heteroatoms. The van der Waals surface area contributed by atoms with Gasteiger partial charge in [0.1, 0.15) is 27.8 Å². The molecule has 3 aromatic carbocycles. The predicted molar refractivity (Wildman–Crippen MR) is 142 cm³/mol. The van der Waals surface area contributed by atoms with Gasteiger partial charge in [0.15, 0.2) is 5.71 Å². The van der Waals surface area contributed by atoms with Gasteiger partial charge >= 0.3 is 0 Å². The number of carbonyl (C=O) groups is 1. The van der Waals surface area contributed by atoms with Crippen molar-refractivity contribution in [3.8, 4) is 17.2 Å². The monoisotopic (exact) mass is 537 g/mol. The minimum absolute atomic E-state index is 0.0202. The van der Waals surface area contributed by atoms with Crippen molar-refractivity contribution in [1.29, 1.82) is 0 Å². The van der Waals surface area contributed by atoms with Crippen molar-refractivity contribution in [2.45, 2.75) is 6.92 Å². The maximum absolute atomic E-state index is 13.1. The number of Topliss-reactive ketones (excluding diaryl/α,β-unsaturated/α-hetero) is 1. The second-order valence-corrected chi connectivity index (χ2v) is 9.52. The third-order valence-corrected chi connectivity index (χ3v) is 6.44. The van der Waals surface area contributed by atoms with Crippen LogP contribution in [0.5, 0.6) is 17.2 Å². The molecule has 5 N–H and O–H groups in total. The smallest absolute Gasteiger partial charge is 0.296 e. The number of ketones is 1. The highest BCUT2D eigenvalue weighted by Gasteiger charge is 2.33. The first-order valence-electron chi connectivity index (χ1n) is 11.0. The molecule has 0 unspecified atom stereocenters. The lowest BCUT2D eigenvalue weighted by Crippen LogP contribution is -2.27. The average Bonchev–Trinajstić information content (AvgIpc) is 2.87. The Kier molecular flexibility index (Phi) is 7.15. The molecular formula is C25H23N5O7S. The number of benzene rings is 3. The number of hydrogen-bond donors (Lipinski definition) is 4. The van der Waals surface area contributed by atoms with Gasteiger partial charge in [0, 0.05) is 23.4 Å². The summed E-state index contributed by atoms with van der Waals surface area (Å²) in [4.78, 5) is 12.4. The van der Waals surface area contributed by atoms with Crippen LogP contribution in [0.1, 0.15) is 21.5 Å². The van der Waals surface area contributed by atoms with E-state index in [1.165, 1.54) is 44.6 Å². The van der Waals surface area contributed by atoms with E-state index in [-0.39, 0.29) is 22.6 Å². The summed E-state index contributed by atoms with van der Waals surface area (Å²) in [6.45, 7) is 1.75. The predicted octanol–water partition coefficient (Wildman–Crippen LogP) is 4.61. The summed E-state index contributed by atoms with van der Waals surface area (Å²) in [6.07, 6.45) is 1.13. The molecule has 38 heavy (non-hydrogen) atoms. The van der Waals surface area contributed by atoms with Crippen LogP contribution >= 0.6 is 0 Å². The SMILES string of the molecule is COc1cc(O)ccc1/N=N/c1cc(OC)c(N/N=C2\C(=O)c3ccc(N)cc3C=C2S(=O)(=O)O)cc1C. The van der Waals surface area contributed by atoms with Crippen LogP contribution in [0.2, 0.25) is 0 Å². The van der Waals surface area contributed by atoms with Crippen molar-refractivity contribution in [3.05, 3.63) is 70.1 Å². The number of azo groups is 1. The number of methoxy groups -OCH3 is 2. The second-order valence-electron chi connectivity index (χ2n) is 8.13. The van der Waals surface area contributed by atoms with Crippen LogP contribution in [0.25, 0.3) is 6.08 Å². The first kappa shape index (κ1) is 26.3. The summed E-state index contributed by atoms with van der Waals surface area (Å²) in [5.41, 5.74) is 10.4. The standard InChI is InChI=1S/C25H23N5O7S/c1-13-8-20(22(37-3)12-19(13)28-27-18-7-5-16(31)11-21(18)36-2)29-30-24-23(38(33,34)35)10-14-9-15(26)4-6-17(14)25(24)32/h4-12,29,31H,26H2,1-3H3,(H,33,34,35)/b28-27+,30-24-. The number of nitrogens with two attached hydrogens (primary N) is 1. The van der Waals surface area contributed by atoms with E-state index in [0.717, 1.165) is 6.08 Å². The fraction of sp³-hybridized carbons (Fsp3) is 0.120. The van der Waals surface area contributed by atoms with Crippen LogP contribution in [0.15, 0.2) is 68.8 Å². The van der Waals surface area contributed by atoms with Crippen molar-refractivity contribution in [3.63, 3.8) is 0 Å². The number of hydrogen-bond acceptors (Lipinski definition) is 11. The van der Waals surface area contributed by atoms with Crippen molar-refractivity contribution < 1.29 is 32.3 Å². The lowest BCUT2D eigenvalue weighted by atomic mass is 9.94. The molecule has 3 aromatic rings. The number of aryl methyl sites for hydroxylation is 1. The number of phenols is 1. The van der Waals surface area contributed by atoms with Crippen molar-refractivity contribution in [1.82, 2.24) is 0 Å². The molecule has 0 saturated heterocycles. The molecule has 0 amide bonds. The summed E-state index contributed by atoms with van der Waals surface area (Å²) < 4.78 is 44.5. The van der Waals surface area contributed by atoms with E-state index < -0.39 is 26.5 Å². The zero-order chi connectivity index (χ0) is 27.6. The lowest BCUT2D eigenvalue weighted by Gasteiger charge is -2.17. The number of carbonyl (C=O) groups excluding carboxylic acids is 1. The summed E-state index contributed by atoms with van der Waals surface area (Å²) in [5, 5.41) is 22.0. The zero-order valence-corrected chi connectivity index (χ0v) is 21.3. The van der Waals surface area contributed by atoms with Gasteiger partial charge in [0.25, 0.3) is 10.1 Å². The Morgan fingerprint density at radius 2 is 1.66 bits per heavy atom. The maximum atomic E-state index is 13.1. The van der Waals surface area contributed by atoms with E-state index in [9.17, 15) is 22.9 Å². The number of nitrogen functional groups attached to an aromatic ring is 1. The molecule has 4 rings (SSSR count). The van der Waals surface area contributed by atoms with Crippen LogP contribution < -0.4 is 20.6 Å². The van der Waals surface area contributed by atoms with E-state index in [0.29, 0.717) is 34.1 Å². The van der Waals surface area contributed by atoms with Gasteiger partial charge in [-0.2, -0.15) is 18.6 Å². The van der Waals surface area contributed by atoms with E-state index >= 15 is 0 Å². The molecule has 12 nitrogen and oxygen atoms in total. The summed E-state index contributed by atoms with van der Waals surface area (Å²) in [6, 6.07) is 12.0. The molecule has 196 valence electrons. The Balaban J connectivity index is 1.69. The molecule has 0 bridgehead atoms. The molecule has 0 atom stereocenters. The highest BCUT2D eigenvalue weighted by molar-refractivity contribution is 7.91. The van der Waals surface area contributed by atoms with Gasteiger partial charge in [-0.3, -0.25) is 14.8 Å². The average molecular weight is 538 g/mol. The number of hydrazone groups is 1. The topological polar surface area (TPSA) is 185 Å². The van der Waals surface area contributed by atoms with Gasteiger partial charge < -0.3 is 20.3 Å². The van der Waals surface area contributed by atoms with Crippen LogP contribution in [-0.2, 0) is 10.1 Å². The van der Waals surface area contributed by atoms with Crippen LogP contribution in [-0.4, -0.2) is 43.8 Å². The minimum Gasteiger partial charge on any atom is -0.508 e.